The van der Waals surface area contributed by atoms with Crippen LogP contribution in [0.2, 0.25) is 0 Å². The van der Waals surface area contributed by atoms with E-state index in [1.54, 1.807) is 6.08 Å². The van der Waals surface area contributed by atoms with E-state index in [9.17, 15) is 48.4 Å². The number of carbonyl (C=O) groups is 2. The molecule has 2 saturated heterocycles. The number of anilines is 2. The number of fused-ring (bicyclic) bond motifs is 1. The Bertz CT molecular complexity index is 2100. The molecule has 0 spiro atoms. The predicted octanol–water partition coefficient (Wildman–Crippen LogP) is -0.337. The normalized spacial score (nSPS) is 25.5. The average Bonchev–Trinajstić information content (AvgIpc) is 3.83. The third kappa shape index (κ3) is 11.7. The van der Waals surface area contributed by atoms with Crippen LogP contribution in [0.4, 0.5) is 11.6 Å². The van der Waals surface area contributed by atoms with E-state index in [-0.39, 0.29) is 41.7 Å². The van der Waals surface area contributed by atoms with Gasteiger partial charge in [0.05, 0.1) is 19.5 Å². The number of aliphatic hydroxyl groups excluding tert-OH is 2. The van der Waals surface area contributed by atoms with Crippen LogP contribution < -0.4 is 17.2 Å². The summed E-state index contributed by atoms with van der Waals surface area (Å²) < 4.78 is 59.2. The molecule has 9 N–H and O–H groups in total. The van der Waals surface area contributed by atoms with E-state index in [1.165, 1.54) is 21.9 Å². The summed E-state index contributed by atoms with van der Waals surface area (Å²) in [7, 11) is -10.5. The van der Waals surface area contributed by atoms with Crippen LogP contribution in [0.5, 0.6) is 0 Å². The van der Waals surface area contributed by atoms with Crippen LogP contribution in [-0.2, 0) is 46.5 Å². The summed E-state index contributed by atoms with van der Waals surface area (Å²) in [5, 5.41) is 22.7. The molecule has 0 bridgehead atoms. The van der Waals surface area contributed by atoms with Crippen molar-refractivity contribution < 1.29 is 71.4 Å². The molecule has 27 heteroatoms. The molecule has 2 fully saturated rings. The minimum atomic E-state index is -5.37. The van der Waals surface area contributed by atoms with E-state index in [2.05, 4.69) is 31.0 Å². The molecule has 2 aliphatic heterocycles. The Hall–Kier alpha value is -4.23. The standard InChI is InChI=1S/C32H47N9O16P2/c1-3-5-7-8-11-39(21(42)9-6-4-2)13-22(43)56-26-18(54-31(24(26)44)41-17-37-23-28(34)35-16-36-29(23)41)15-53-59(50,51)57-27-19(14-52-58(47,48)49)55-30(25(27)45)40-12-10-20(33)38-32(40)46/h4,10,12,16-19,24-27,30-31,44-45H,2-3,5-9,11,13-15H2,1H3,(H,50,51)(H2,33,38,46)(H2,34,35,36)(H2,47,48,49)/t18-,19-,24-,25-,26-,27-,30-,31-/m1/s1. The van der Waals surface area contributed by atoms with Crippen molar-refractivity contribution in [3.05, 3.63) is 48.1 Å². The summed E-state index contributed by atoms with van der Waals surface area (Å²) in [5.41, 5.74) is 10.7. The third-order valence-electron chi connectivity index (χ3n) is 9.25. The molecular weight excluding hydrogens is 828 g/mol. The van der Waals surface area contributed by atoms with Crippen molar-refractivity contribution in [3.8, 4) is 0 Å². The van der Waals surface area contributed by atoms with Crippen molar-refractivity contribution >= 4 is 50.3 Å². The minimum Gasteiger partial charge on any atom is -0.455 e. The molecule has 1 amide bonds. The number of unbranched alkanes of at least 4 members (excludes halogenated alkanes) is 3. The summed E-state index contributed by atoms with van der Waals surface area (Å²) in [6.45, 7) is 3.46. The summed E-state index contributed by atoms with van der Waals surface area (Å²) in [6, 6.07) is 1.18. The quantitative estimate of drug-likeness (QED) is 0.0311. The first-order chi connectivity index (χ1) is 27.9. The molecule has 9 atom stereocenters. The second-order valence-electron chi connectivity index (χ2n) is 13.5. The maximum atomic E-state index is 13.5. The lowest BCUT2D eigenvalue weighted by atomic mass is 10.1. The number of amides is 1. The number of allylic oxidation sites excluding steroid dienone is 1. The van der Waals surface area contributed by atoms with Crippen LogP contribution in [0.25, 0.3) is 11.2 Å². The maximum Gasteiger partial charge on any atom is 0.472 e. The fraction of sp³-hybridized carbons (Fsp3) is 0.594. The predicted molar refractivity (Wildman–Crippen MR) is 201 cm³/mol. The van der Waals surface area contributed by atoms with Gasteiger partial charge >= 0.3 is 27.3 Å². The molecule has 0 aromatic carbocycles. The SMILES string of the molecule is C=CCCC(=O)N(CCCCCC)CC(=O)O[C@H]1[C@@H](O)[C@H](n2cnc3c(N)ncnc32)O[C@@H]1COP(=O)(O)O[C@H]1[C@@H](O)[C@H](n2ccc(N)nc2=O)O[C@@H]1COP(=O)(O)O. The first-order valence-electron chi connectivity index (χ1n) is 18.3. The number of carbonyl (C=O) groups excluding carboxylic acids is 2. The summed E-state index contributed by atoms with van der Waals surface area (Å²) in [6.07, 6.45) is -4.80. The summed E-state index contributed by atoms with van der Waals surface area (Å²) >= 11 is 0. The number of nitrogens with two attached hydrogens (primary N) is 2. The van der Waals surface area contributed by atoms with Crippen molar-refractivity contribution in [2.24, 2.45) is 0 Å². The Morgan fingerprint density at radius 1 is 0.983 bits per heavy atom. The van der Waals surface area contributed by atoms with E-state index in [4.69, 9.17) is 34.7 Å². The molecule has 25 nitrogen and oxygen atoms in total. The first kappa shape index (κ1) is 45.8. The molecule has 3 aromatic rings. The number of phosphoric ester groups is 2. The molecule has 0 radical (unpaired) electrons. The van der Waals surface area contributed by atoms with Crippen molar-refractivity contribution in [2.45, 2.75) is 94.5 Å². The van der Waals surface area contributed by atoms with E-state index < -0.39 is 96.1 Å². The number of phosphoric acid groups is 2. The fourth-order valence-corrected chi connectivity index (χ4v) is 7.70. The zero-order chi connectivity index (χ0) is 43.1. The van der Waals surface area contributed by atoms with Gasteiger partial charge in [0, 0.05) is 19.2 Å². The molecule has 0 saturated carbocycles. The van der Waals surface area contributed by atoms with Crippen molar-refractivity contribution in [1.29, 1.82) is 0 Å². The van der Waals surface area contributed by atoms with Gasteiger partial charge in [-0.3, -0.25) is 32.3 Å². The van der Waals surface area contributed by atoms with E-state index >= 15 is 0 Å². The largest absolute Gasteiger partial charge is 0.472 e. The van der Waals surface area contributed by atoms with E-state index in [0.717, 1.165) is 36.4 Å². The van der Waals surface area contributed by atoms with Crippen molar-refractivity contribution in [1.82, 2.24) is 34.0 Å². The second-order valence-corrected chi connectivity index (χ2v) is 16.2. The highest BCUT2D eigenvalue weighted by atomic mass is 31.2. The first-order valence-corrected chi connectivity index (χ1v) is 21.3. The van der Waals surface area contributed by atoms with Crippen molar-refractivity contribution in [3.63, 3.8) is 0 Å². The topological polar surface area (TPSA) is 359 Å². The van der Waals surface area contributed by atoms with E-state index in [0.29, 0.717) is 12.8 Å². The highest BCUT2D eigenvalue weighted by molar-refractivity contribution is 7.47. The van der Waals surface area contributed by atoms with Gasteiger partial charge in [-0.2, -0.15) is 4.98 Å². The van der Waals surface area contributed by atoms with E-state index in [1.807, 2.05) is 6.92 Å². The Morgan fingerprint density at radius 2 is 1.66 bits per heavy atom. The van der Waals surface area contributed by atoms with Gasteiger partial charge in [0.15, 0.2) is 30.0 Å². The zero-order valence-corrected chi connectivity index (χ0v) is 33.5. The molecular formula is C32H47N9O16P2. The smallest absolute Gasteiger partial charge is 0.455 e. The monoisotopic (exact) mass is 875 g/mol. The van der Waals surface area contributed by atoms with Gasteiger partial charge in [-0.15, -0.1) is 6.58 Å². The number of nitrogens with zero attached hydrogens (tertiary/aromatic N) is 7. The third-order valence-corrected chi connectivity index (χ3v) is 10.7. The molecule has 0 aliphatic carbocycles. The highest BCUT2D eigenvalue weighted by Crippen LogP contribution is 2.50. The number of hydrogen-bond acceptors (Lipinski definition) is 19. The summed E-state index contributed by atoms with van der Waals surface area (Å²) in [4.78, 5) is 85.5. The van der Waals surface area contributed by atoms with Gasteiger partial charge in [-0.1, -0.05) is 32.3 Å². The maximum absolute atomic E-state index is 13.5. The number of nitrogen functional groups attached to an aromatic ring is 2. The molecule has 5 heterocycles. The molecule has 59 heavy (non-hydrogen) atoms. The van der Waals surface area contributed by atoms with Crippen LogP contribution >= 0.6 is 15.6 Å². The number of imidazole rings is 1. The lowest BCUT2D eigenvalue weighted by Crippen LogP contribution is -2.43. The molecule has 5 rings (SSSR count). The Balaban J connectivity index is 1.36. The lowest BCUT2D eigenvalue weighted by molar-refractivity contribution is -0.160. The molecule has 2 aliphatic rings. The Kier molecular flexibility index (Phi) is 15.5. The van der Waals surface area contributed by atoms with Gasteiger partial charge in [-0.05, 0) is 18.9 Å². The minimum absolute atomic E-state index is 0.00460. The number of rotatable bonds is 21. The number of esters is 1. The summed E-state index contributed by atoms with van der Waals surface area (Å²) in [5.74, 6) is -1.46. The van der Waals surface area contributed by atoms with Crippen LogP contribution in [0.1, 0.15) is 57.9 Å². The number of ether oxygens (including phenoxy) is 3. The van der Waals surface area contributed by atoms with Crippen LogP contribution in [0.15, 0.2) is 42.4 Å². The van der Waals surface area contributed by atoms with Gasteiger partial charge in [-0.25, -0.2) is 28.9 Å². The van der Waals surface area contributed by atoms with Gasteiger partial charge < -0.3 is 55.5 Å². The van der Waals surface area contributed by atoms with Gasteiger partial charge in [0.25, 0.3) is 0 Å². The Labute approximate surface area is 335 Å². The average molecular weight is 876 g/mol. The van der Waals surface area contributed by atoms with Gasteiger partial charge in [0.2, 0.25) is 5.91 Å². The molecule has 326 valence electrons. The van der Waals surface area contributed by atoms with Crippen molar-refractivity contribution in [2.75, 3.05) is 37.8 Å². The molecule has 3 aromatic heterocycles. The fourth-order valence-electron chi connectivity index (χ4n) is 6.39. The molecule has 1 unspecified atom stereocenters. The highest BCUT2D eigenvalue weighted by Gasteiger charge is 2.52. The Morgan fingerprint density at radius 3 is 2.34 bits per heavy atom. The number of hydrogen-bond donors (Lipinski definition) is 7. The zero-order valence-electron chi connectivity index (χ0n) is 31.7. The van der Waals surface area contributed by atoms with Crippen LogP contribution in [0.3, 0.4) is 0 Å². The number of aromatic nitrogens is 6. The number of aliphatic hydroxyl groups is 2. The van der Waals surface area contributed by atoms with Gasteiger partial charge in [0.1, 0.15) is 54.7 Å². The van der Waals surface area contributed by atoms with Crippen LogP contribution in [-0.4, -0.2) is 134 Å². The van der Waals surface area contributed by atoms with Crippen LogP contribution in [0, 0.1) is 0 Å². The second kappa shape index (κ2) is 19.9. The lowest BCUT2D eigenvalue weighted by Gasteiger charge is -2.26.